The molecule has 0 aliphatic heterocycles. The topological polar surface area (TPSA) is 52.6 Å². The Morgan fingerprint density at radius 2 is 1.12 bits per heavy atom. The summed E-state index contributed by atoms with van der Waals surface area (Å²) in [6.07, 6.45) is 6.38. The van der Waals surface area contributed by atoms with Crippen LogP contribution in [0.3, 0.4) is 0 Å². The van der Waals surface area contributed by atoms with Crippen LogP contribution < -0.4 is 0 Å². The quantitative estimate of drug-likeness (QED) is 0.370. The molecule has 0 unspecified atom stereocenters. The van der Waals surface area contributed by atoms with Gasteiger partial charge in [0.25, 0.3) is 0 Å². The molecule has 0 atom stereocenters. The zero-order valence-electron chi connectivity index (χ0n) is 17.4. The first-order valence-corrected chi connectivity index (χ1v) is 9.39. The molecule has 146 valence electrons. The molecule has 0 aromatic carbocycles. The second-order valence-electron chi connectivity index (χ2n) is 6.28. The van der Waals surface area contributed by atoms with Crippen LogP contribution in [0, 0.1) is 0 Å². The van der Waals surface area contributed by atoms with Crippen molar-refractivity contribution in [1.82, 2.24) is 0 Å². The van der Waals surface area contributed by atoms with Crippen LogP contribution in [0.25, 0.3) is 0 Å². The number of carbonyl (C=O) groups is 2. The van der Waals surface area contributed by atoms with Crippen LogP contribution in [0.15, 0.2) is 24.8 Å². The SMILES string of the molecule is C=C(C)C(=O)OC(CC)(CC)CC.C=CC(=O)OC(CC)(CC)CC. The van der Waals surface area contributed by atoms with Gasteiger partial charge in [0.05, 0.1) is 0 Å². The molecule has 0 radical (unpaired) electrons. The minimum absolute atomic E-state index is 0.273. The lowest BCUT2D eigenvalue weighted by molar-refractivity contribution is -0.156. The third-order valence-corrected chi connectivity index (χ3v) is 5.01. The van der Waals surface area contributed by atoms with Crippen LogP contribution >= 0.6 is 0 Å². The molecule has 0 saturated heterocycles. The first kappa shape index (κ1) is 25.7. The Balaban J connectivity index is 0. The molecule has 0 N–H and O–H groups in total. The van der Waals surface area contributed by atoms with Gasteiger partial charge in [0.15, 0.2) is 0 Å². The maximum absolute atomic E-state index is 11.3. The lowest BCUT2D eigenvalue weighted by atomic mass is 9.94. The van der Waals surface area contributed by atoms with Gasteiger partial charge in [-0.15, -0.1) is 0 Å². The van der Waals surface area contributed by atoms with Crippen LogP contribution in [0.1, 0.15) is 87.0 Å². The van der Waals surface area contributed by atoms with Gasteiger partial charge in [-0.25, -0.2) is 9.59 Å². The van der Waals surface area contributed by atoms with E-state index in [-0.39, 0.29) is 23.1 Å². The van der Waals surface area contributed by atoms with E-state index >= 15 is 0 Å². The maximum Gasteiger partial charge on any atom is 0.333 e. The van der Waals surface area contributed by atoms with Crippen LogP contribution in [-0.2, 0) is 19.1 Å². The molecule has 4 nitrogen and oxygen atoms in total. The molecule has 0 heterocycles. The van der Waals surface area contributed by atoms with Crippen molar-refractivity contribution in [2.75, 3.05) is 0 Å². The molecule has 0 aliphatic rings. The van der Waals surface area contributed by atoms with E-state index in [2.05, 4.69) is 13.2 Å². The van der Waals surface area contributed by atoms with Crippen molar-refractivity contribution >= 4 is 11.9 Å². The summed E-state index contributed by atoms with van der Waals surface area (Å²) in [4.78, 5) is 22.3. The number of hydrogen-bond acceptors (Lipinski definition) is 4. The average Bonchev–Trinajstić information content (AvgIpc) is 2.64. The lowest BCUT2D eigenvalue weighted by Gasteiger charge is -2.30. The van der Waals surface area contributed by atoms with Crippen LogP contribution in [-0.4, -0.2) is 23.1 Å². The van der Waals surface area contributed by atoms with Crippen molar-refractivity contribution in [2.45, 2.75) is 98.2 Å². The van der Waals surface area contributed by atoms with Crippen LogP contribution in [0.2, 0.25) is 0 Å². The van der Waals surface area contributed by atoms with Crippen molar-refractivity contribution in [2.24, 2.45) is 0 Å². The second-order valence-corrected chi connectivity index (χ2v) is 6.28. The van der Waals surface area contributed by atoms with Crippen molar-refractivity contribution in [3.05, 3.63) is 24.8 Å². The van der Waals surface area contributed by atoms with E-state index in [1.54, 1.807) is 6.92 Å². The van der Waals surface area contributed by atoms with E-state index < -0.39 is 0 Å². The van der Waals surface area contributed by atoms with Gasteiger partial charge in [0.1, 0.15) is 11.2 Å². The predicted molar refractivity (Wildman–Crippen MR) is 104 cm³/mol. The van der Waals surface area contributed by atoms with Crippen molar-refractivity contribution in [1.29, 1.82) is 0 Å². The smallest absolute Gasteiger partial charge is 0.333 e. The fourth-order valence-electron chi connectivity index (χ4n) is 2.47. The van der Waals surface area contributed by atoms with Crippen LogP contribution in [0.5, 0.6) is 0 Å². The molecule has 0 fully saturated rings. The zero-order valence-corrected chi connectivity index (χ0v) is 17.4. The number of hydrogen-bond donors (Lipinski definition) is 0. The van der Waals surface area contributed by atoms with Crippen molar-refractivity contribution in [3.63, 3.8) is 0 Å². The summed E-state index contributed by atoms with van der Waals surface area (Å²) in [5.41, 5.74) is -0.0823. The summed E-state index contributed by atoms with van der Waals surface area (Å²) in [7, 11) is 0. The highest BCUT2D eigenvalue weighted by molar-refractivity contribution is 5.87. The zero-order chi connectivity index (χ0) is 20.1. The lowest BCUT2D eigenvalue weighted by Crippen LogP contribution is -2.33. The summed E-state index contributed by atoms with van der Waals surface area (Å²) < 4.78 is 10.7. The van der Waals surface area contributed by atoms with Gasteiger partial charge >= 0.3 is 11.9 Å². The van der Waals surface area contributed by atoms with E-state index in [0.29, 0.717) is 5.57 Å². The fraction of sp³-hybridized carbons (Fsp3) is 0.714. The van der Waals surface area contributed by atoms with Gasteiger partial charge in [0.2, 0.25) is 0 Å². The Hall–Kier alpha value is -1.58. The van der Waals surface area contributed by atoms with E-state index in [4.69, 9.17) is 9.47 Å². The molecule has 0 amide bonds. The van der Waals surface area contributed by atoms with E-state index in [9.17, 15) is 9.59 Å². The second kappa shape index (κ2) is 12.7. The van der Waals surface area contributed by atoms with E-state index in [1.807, 2.05) is 41.5 Å². The Bertz CT molecular complexity index is 413. The molecule has 0 bridgehead atoms. The molecule has 0 spiro atoms. The fourth-order valence-corrected chi connectivity index (χ4v) is 2.47. The molecule has 0 aliphatic carbocycles. The number of carbonyl (C=O) groups excluding carboxylic acids is 2. The van der Waals surface area contributed by atoms with Gasteiger partial charge < -0.3 is 9.47 Å². The Labute approximate surface area is 154 Å². The molecular formula is C21H38O4. The summed E-state index contributed by atoms with van der Waals surface area (Å²) in [5, 5.41) is 0. The largest absolute Gasteiger partial charge is 0.456 e. The highest BCUT2D eigenvalue weighted by Crippen LogP contribution is 2.25. The molecule has 25 heavy (non-hydrogen) atoms. The average molecular weight is 355 g/mol. The van der Waals surface area contributed by atoms with Crippen molar-refractivity contribution in [3.8, 4) is 0 Å². The molecule has 0 rings (SSSR count). The normalized spacial score (nSPS) is 11.0. The highest BCUT2D eigenvalue weighted by atomic mass is 16.6. The third kappa shape index (κ3) is 8.89. The first-order chi connectivity index (χ1) is 11.6. The minimum Gasteiger partial charge on any atom is -0.456 e. The Kier molecular flexibility index (Phi) is 13.1. The first-order valence-electron chi connectivity index (χ1n) is 9.39. The predicted octanol–water partition coefficient (Wildman–Crippen LogP) is 5.76. The molecule has 0 aromatic heterocycles. The van der Waals surface area contributed by atoms with Gasteiger partial charge in [0, 0.05) is 11.6 Å². The Morgan fingerprint density at radius 3 is 1.36 bits per heavy atom. The maximum atomic E-state index is 11.3. The molecule has 0 aromatic rings. The number of ether oxygens (including phenoxy) is 2. The summed E-state index contributed by atoms with van der Waals surface area (Å²) in [5.74, 6) is -0.592. The van der Waals surface area contributed by atoms with Gasteiger partial charge in [-0.2, -0.15) is 0 Å². The monoisotopic (exact) mass is 354 g/mol. The minimum atomic E-state index is -0.319. The molecule has 0 saturated carbocycles. The summed E-state index contributed by atoms with van der Waals surface area (Å²) >= 11 is 0. The summed E-state index contributed by atoms with van der Waals surface area (Å²) in [6.45, 7) is 20.8. The van der Waals surface area contributed by atoms with Gasteiger partial charge in [-0.3, -0.25) is 0 Å². The van der Waals surface area contributed by atoms with Gasteiger partial charge in [-0.05, 0) is 45.4 Å². The highest BCUT2D eigenvalue weighted by Gasteiger charge is 2.28. The van der Waals surface area contributed by atoms with Crippen molar-refractivity contribution < 1.29 is 19.1 Å². The third-order valence-electron chi connectivity index (χ3n) is 5.01. The Morgan fingerprint density at radius 1 is 0.800 bits per heavy atom. The number of esters is 2. The van der Waals surface area contributed by atoms with Gasteiger partial charge in [-0.1, -0.05) is 54.7 Å². The standard InChI is InChI=1S/C11H20O2.C10H18O2/c1-6-11(7-2,8-3)13-10(12)9(4)5;1-5-9(11)12-10(6-2,7-3)8-4/h4,6-8H2,1-3,5H3;5H,1,6-8H2,2-4H3. The summed E-state index contributed by atoms with van der Waals surface area (Å²) in [6, 6.07) is 0. The molecule has 4 heteroatoms. The van der Waals surface area contributed by atoms with E-state index in [1.165, 1.54) is 6.08 Å². The van der Waals surface area contributed by atoms with Crippen LogP contribution in [0.4, 0.5) is 0 Å². The van der Waals surface area contributed by atoms with E-state index in [0.717, 1.165) is 38.5 Å². The number of rotatable bonds is 10. The molecular weight excluding hydrogens is 316 g/mol.